The molecule has 0 aromatic heterocycles. The van der Waals surface area contributed by atoms with Crippen molar-refractivity contribution in [2.24, 2.45) is 10.2 Å². The molecule has 1 aliphatic heterocycles. The van der Waals surface area contributed by atoms with Crippen molar-refractivity contribution in [1.82, 2.24) is 0 Å². The van der Waals surface area contributed by atoms with Gasteiger partial charge in [-0.3, -0.25) is 19.8 Å². The summed E-state index contributed by atoms with van der Waals surface area (Å²) in [6.45, 7) is 13.8. The van der Waals surface area contributed by atoms with Gasteiger partial charge in [0.25, 0.3) is 5.69 Å². The number of nitrogens with zero attached hydrogens (tertiary/aromatic N) is 4. The fourth-order valence-electron chi connectivity index (χ4n) is 4.00. The van der Waals surface area contributed by atoms with E-state index < -0.39 is 23.3 Å². The average Bonchev–Trinajstić information content (AvgIpc) is 2.75. The predicted molar refractivity (Wildman–Crippen MR) is 131 cm³/mol. The molecule has 0 bridgehead atoms. The molecular formula is C23H23ClN6O5. The number of non-ortho nitro benzene ring substituents is 1. The Bertz CT molecular complexity index is 1280. The van der Waals surface area contributed by atoms with Gasteiger partial charge in [-0.1, -0.05) is 18.5 Å². The number of carbonyl (C=O) groups excluding carboxylic acids is 2. The fraction of sp³-hybridized carbons (Fsp3) is 0.348. The van der Waals surface area contributed by atoms with E-state index in [1.165, 1.54) is 6.92 Å². The van der Waals surface area contributed by atoms with Crippen LogP contribution in [-0.4, -0.2) is 29.1 Å². The van der Waals surface area contributed by atoms with Crippen molar-refractivity contribution in [3.05, 3.63) is 61.9 Å². The van der Waals surface area contributed by atoms with Crippen molar-refractivity contribution in [2.45, 2.75) is 45.6 Å². The Morgan fingerprint density at radius 3 is 2.69 bits per heavy atom. The first-order valence-corrected chi connectivity index (χ1v) is 10.9. The van der Waals surface area contributed by atoms with E-state index in [-0.39, 0.29) is 33.6 Å². The van der Waals surface area contributed by atoms with Crippen LogP contribution in [0.15, 0.2) is 34.5 Å². The molecule has 0 spiro atoms. The minimum Gasteiger partial charge on any atom is -0.390 e. The Kier molecular flexibility index (Phi) is 7.36. The number of nitrogens with one attached hydrogen (secondary N) is 2. The van der Waals surface area contributed by atoms with E-state index in [0.717, 1.165) is 29.8 Å². The first-order chi connectivity index (χ1) is 16.4. The number of azo groups is 1. The molecular weight excluding hydrogens is 476 g/mol. The largest absolute Gasteiger partial charge is 0.390 e. The third-order valence-corrected chi connectivity index (χ3v) is 5.58. The zero-order valence-electron chi connectivity index (χ0n) is 19.5. The Hall–Kier alpha value is -4.04. The van der Waals surface area contributed by atoms with Crippen LogP contribution < -0.4 is 10.6 Å². The van der Waals surface area contributed by atoms with Crippen LogP contribution >= 0.6 is 11.6 Å². The summed E-state index contributed by atoms with van der Waals surface area (Å²) in [5.74, 6) is -1.14. The second kappa shape index (κ2) is 10.1. The number of nitro benzene ring substituents is 1. The minimum absolute atomic E-state index is 0.143. The van der Waals surface area contributed by atoms with E-state index in [1.54, 1.807) is 12.1 Å². The summed E-state index contributed by atoms with van der Waals surface area (Å²) >= 11 is 6.21. The van der Waals surface area contributed by atoms with E-state index in [9.17, 15) is 19.7 Å². The zero-order chi connectivity index (χ0) is 25.9. The van der Waals surface area contributed by atoms with Gasteiger partial charge in [0.15, 0.2) is 0 Å². The molecule has 0 saturated carbocycles. The van der Waals surface area contributed by atoms with Crippen LogP contribution in [0.3, 0.4) is 0 Å². The van der Waals surface area contributed by atoms with Crippen molar-refractivity contribution in [3.63, 3.8) is 0 Å². The van der Waals surface area contributed by atoms with Crippen LogP contribution in [0.4, 0.5) is 28.4 Å². The number of amides is 1. The number of esters is 1. The third kappa shape index (κ3) is 5.91. The third-order valence-electron chi connectivity index (χ3n) is 5.30. The number of fused-ring (bicyclic) bond motifs is 1. The summed E-state index contributed by atoms with van der Waals surface area (Å²) < 4.78 is 4.80. The van der Waals surface area contributed by atoms with E-state index in [0.29, 0.717) is 11.4 Å². The van der Waals surface area contributed by atoms with Crippen LogP contribution in [0.2, 0.25) is 5.02 Å². The molecule has 1 atom stereocenters. The number of hydrogen-bond acceptors (Lipinski definition) is 8. The summed E-state index contributed by atoms with van der Waals surface area (Å²) in [6, 6.07) is 5.55. The molecule has 12 heteroatoms. The lowest BCUT2D eigenvalue weighted by Gasteiger charge is -2.38. The van der Waals surface area contributed by atoms with Gasteiger partial charge >= 0.3 is 12.7 Å². The van der Waals surface area contributed by atoms with Gasteiger partial charge in [-0.2, -0.15) is 0 Å². The lowest BCUT2D eigenvalue weighted by Crippen LogP contribution is -2.36. The number of hydrogen-bond donors (Lipinski definition) is 2. The Balaban J connectivity index is 2.13. The summed E-state index contributed by atoms with van der Waals surface area (Å²) in [5.41, 5.74) is 1.45. The first kappa shape index (κ1) is 25.6. The molecule has 2 N–H and O–H groups in total. The molecule has 35 heavy (non-hydrogen) atoms. The van der Waals surface area contributed by atoms with Crippen LogP contribution in [0.1, 0.15) is 56.0 Å². The molecule has 3 rings (SSSR count). The summed E-state index contributed by atoms with van der Waals surface area (Å²) in [7, 11) is 0. The van der Waals surface area contributed by atoms with Crippen molar-refractivity contribution in [1.29, 1.82) is 0 Å². The van der Waals surface area contributed by atoms with Crippen LogP contribution in [0, 0.1) is 16.7 Å². The van der Waals surface area contributed by atoms with E-state index >= 15 is 0 Å². The predicted octanol–water partition coefficient (Wildman–Crippen LogP) is 6.35. The summed E-state index contributed by atoms with van der Waals surface area (Å²) in [6.07, 6.45) is 0.862. The number of carbonyl (C=O) groups is 2. The number of anilines is 2. The smallest absolute Gasteiger partial charge is 0.359 e. The number of rotatable bonds is 6. The van der Waals surface area contributed by atoms with Crippen LogP contribution in [0.25, 0.3) is 4.85 Å². The monoisotopic (exact) mass is 498 g/mol. The highest BCUT2D eigenvalue weighted by atomic mass is 35.5. The summed E-state index contributed by atoms with van der Waals surface area (Å²) in [5, 5.41) is 25.5. The molecule has 2 aromatic rings. The molecule has 1 heterocycles. The van der Waals surface area contributed by atoms with Crippen LogP contribution in [-0.2, 0) is 9.53 Å². The van der Waals surface area contributed by atoms with Gasteiger partial charge in [0.1, 0.15) is 11.4 Å². The average molecular weight is 499 g/mol. The van der Waals surface area contributed by atoms with Gasteiger partial charge in [0.05, 0.1) is 21.2 Å². The Morgan fingerprint density at radius 2 is 2.06 bits per heavy atom. The maximum Gasteiger partial charge on any atom is 0.359 e. The zero-order valence-corrected chi connectivity index (χ0v) is 20.3. The minimum atomic E-state index is -1.01. The first-order valence-electron chi connectivity index (χ1n) is 10.6. The molecule has 0 saturated heterocycles. The fourth-order valence-corrected chi connectivity index (χ4v) is 4.26. The quantitative estimate of drug-likeness (QED) is 0.156. The number of benzene rings is 2. The second-order valence-electron chi connectivity index (χ2n) is 8.75. The molecule has 11 nitrogen and oxygen atoms in total. The lowest BCUT2D eigenvalue weighted by atomic mass is 9.81. The molecule has 1 unspecified atom stereocenters. The maximum atomic E-state index is 12.5. The Labute approximate surface area is 206 Å². The number of halogens is 1. The second-order valence-corrected chi connectivity index (χ2v) is 9.16. The lowest BCUT2D eigenvalue weighted by molar-refractivity contribution is -0.384. The van der Waals surface area contributed by atoms with Gasteiger partial charge in [-0.05, 0) is 43.9 Å². The van der Waals surface area contributed by atoms with E-state index in [1.807, 2.05) is 0 Å². The standard InChI is InChI=1S/C23H23ClN6O5/c1-12-10-23(3,4)27-18-9-19(26-13(2)31)20(8-15(12)18)28-29-21-16(22(32)35-11-25-5)6-14(30(33)34)7-17(21)24/h6-9,12,27H,10-11H2,1-4H3,(H,26,31). The molecule has 2 aromatic carbocycles. The number of nitro groups is 1. The van der Waals surface area contributed by atoms with Crippen molar-refractivity contribution >= 4 is 51.9 Å². The topological polar surface area (TPSA) is 140 Å². The van der Waals surface area contributed by atoms with E-state index in [4.69, 9.17) is 22.9 Å². The highest BCUT2D eigenvalue weighted by Gasteiger charge is 2.30. The van der Waals surface area contributed by atoms with E-state index in [2.05, 4.69) is 46.5 Å². The van der Waals surface area contributed by atoms with Gasteiger partial charge in [-0.15, -0.1) is 10.2 Å². The molecule has 0 fully saturated rings. The molecule has 1 amide bonds. The normalized spacial score (nSPS) is 16.1. The van der Waals surface area contributed by atoms with Crippen LogP contribution in [0.5, 0.6) is 0 Å². The molecule has 0 aliphatic carbocycles. The van der Waals surface area contributed by atoms with Gasteiger partial charge < -0.3 is 15.4 Å². The van der Waals surface area contributed by atoms with Gasteiger partial charge in [0, 0.05) is 30.3 Å². The van der Waals surface area contributed by atoms with Gasteiger partial charge in [-0.25, -0.2) is 11.4 Å². The van der Waals surface area contributed by atoms with Crippen molar-refractivity contribution in [3.8, 4) is 0 Å². The van der Waals surface area contributed by atoms with Crippen molar-refractivity contribution in [2.75, 3.05) is 17.4 Å². The molecule has 1 aliphatic rings. The Morgan fingerprint density at radius 1 is 1.34 bits per heavy atom. The number of ether oxygens (including phenoxy) is 1. The SMILES string of the molecule is [C-]#[N+]COC(=O)c1cc([N+](=O)[O-])cc(Cl)c1N=Nc1cc2c(cc1NC(C)=O)NC(C)(C)CC2C. The highest BCUT2D eigenvalue weighted by Crippen LogP contribution is 2.44. The van der Waals surface area contributed by atoms with Gasteiger partial charge in [0.2, 0.25) is 5.91 Å². The molecule has 0 radical (unpaired) electrons. The van der Waals surface area contributed by atoms with Crippen molar-refractivity contribution < 1.29 is 19.2 Å². The molecule has 182 valence electrons. The maximum absolute atomic E-state index is 12.5. The highest BCUT2D eigenvalue weighted by molar-refractivity contribution is 6.34. The summed E-state index contributed by atoms with van der Waals surface area (Å²) in [4.78, 5) is 37.7.